The minimum atomic E-state index is -0.465. The van der Waals surface area contributed by atoms with Gasteiger partial charge in [0.15, 0.2) is 0 Å². The quantitative estimate of drug-likeness (QED) is 0.463. The number of para-hydroxylation sites is 1. The van der Waals surface area contributed by atoms with Crippen LogP contribution in [0.15, 0.2) is 71.7 Å². The van der Waals surface area contributed by atoms with Crippen LogP contribution < -0.4 is 4.90 Å². The highest BCUT2D eigenvalue weighted by Gasteiger charge is 2.35. The van der Waals surface area contributed by atoms with E-state index in [-0.39, 0.29) is 16.8 Å². The standard InChI is InChI=1S/C18H12N2O4S/c21-17-16(25-18(22)19(17)14-6-2-1-3-7-14)8-4-5-13-9-11-15(12-10-13)20(23)24/h1-12H. The third-order valence-corrected chi connectivity index (χ3v) is 4.34. The van der Waals surface area contributed by atoms with Gasteiger partial charge in [0.2, 0.25) is 0 Å². The molecule has 0 atom stereocenters. The fraction of sp³-hybridized carbons (Fsp3) is 0. The average Bonchev–Trinajstić information content (AvgIpc) is 2.90. The van der Waals surface area contributed by atoms with E-state index in [1.54, 1.807) is 54.6 Å². The van der Waals surface area contributed by atoms with E-state index in [0.29, 0.717) is 10.6 Å². The summed E-state index contributed by atoms with van der Waals surface area (Å²) in [6.45, 7) is 0. The number of hydrogen-bond donors (Lipinski definition) is 0. The number of nitrogens with zero attached hydrogens (tertiary/aromatic N) is 2. The van der Waals surface area contributed by atoms with Gasteiger partial charge in [0.05, 0.1) is 15.5 Å². The van der Waals surface area contributed by atoms with Crippen LogP contribution >= 0.6 is 11.8 Å². The lowest BCUT2D eigenvalue weighted by Crippen LogP contribution is -2.27. The predicted molar refractivity (Wildman–Crippen MR) is 97.1 cm³/mol. The van der Waals surface area contributed by atoms with Crippen LogP contribution in [0.5, 0.6) is 0 Å². The lowest BCUT2D eigenvalue weighted by atomic mass is 10.2. The number of benzene rings is 2. The number of allylic oxidation sites excluding steroid dienone is 2. The number of non-ortho nitro benzene ring substituents is 1. The fourth-order valence-electron chi connectivity index (χ4n) is 2.24. The molecule has 2 amide bonds. The molecule has 7 heteroatoms. The van der Waals surface area contributed by atoms with Gasteiger partial charge >= 0.3 is 0 Å². The Balaban J connectivity index is 1.75. The molecule has 2 aromatic rings. The van der Waals surface area contributed by atoms with Crippen LogP contribution in [-0.4, -0.2) is 16.1 Å². The number of hydrogen-bond acceptors (Lipinski definition) is 5. The van der Waals surface area contributed by atoms with Crippen LogP contribution in [-0.2, 0) is 4.79 Å². The van der Waals surface area contributed by atoms with Gasteiger partial charge in [-0.05, 0) is 47.7 Å². The SMILES string of the molecule is O=C1SC(=CC=Cc2ccc([N+](=O)[O-])cc2)C(=O)N1c1ccccc1. The maximum atomic E-state index is 12.4. The normalized spacial score (nSPS) is 16.2. The molecule has 0 saturated carbocycles. The largest absolute Gasteiger partial charge is 0.298 e. The first-order chi connectivity index (χ1) is 12.1. The Morgan fingerprint density at radius 1 is 1.00 bits per heavy atom. The molecule has 6 nitrogen and oxygen atoms in total. The van der Waals surface area contributed by atoms with Gasteiger partial charge in [-0.1, -0.05) is 30.4 Å². The summed E-state index contributed by atoms with van der Waals surface area (Å²) in [5, 5.41) is 10.3. The van der Waals surface area contributed by atoms with E-state index >= 15 is 0 Å². The van der Waals surface area contributed by atoms with Crippen molar-refractivity contribution in [3.8, 4) is 0 Å². The summed E-state index contributed by atoms with van der Waals surface area (Å²) in [5.41, 5.74) is 1.30. The molecule has 0 bridgehead atoms. The number of imide groups is 1. The second kappa shape index (κ2) is 7.14. The number of rotatable bonds is 4. The number of thioether (sulfide) groups is 1. The second-order valence-corrected chi connectivity index (χ2v) is 6.08. The highest BCUT2D eigenvalue weighted by Crippen LogP contribution is 2.34. The third kappa shape index (κ3) is 3.67. The molecule has 1 aliphatic heterocycles. The molecule has 1 fully saturated rings. The van der Waals surface area contributed by atoms with E-state index in [2.05, 4.69) is 0 Å². The summed E-state index contributed by atoms with van der Waals surface area (Å²) in [5.74, 6) is -0.366. The first-order valence-electron chi connectivity index (χ1n) is 7.30. The summed E-state index contributed by atoms with van der Waals surface area (Å²) in [7, 11) is 0. The Hall–Kier alpha value is -3.19. The van der Waals surface area contributed by atoms with Crippen LogP contribution in [0, 0.1) is 10.1 Å². The highest BCUT2D eigenvalue weighted by atomic mass is 32.2. The Morgan fingerprint density at radius 3 is 2.32 bits per heavy atom. The van der Waals surface area contributed by atoms with Gasteiger partial charge in [0.1, 0.15) is 0 Å². The molecule has 124 valence electrons. The van der Waals surface area contributed by atoms with Gasteiger partial charge in [-0.25, -0.2) is 4.90 Å². The molecule has 0 aromatic heterocycles. The smallest absolute Gasteiger partial charge is 0.268 e. The maximum Gasteiger partial charge on any atom is 0.298 e. The molecule has 0 radical (unpaired) electrons. The van der Waals surface area contributed by atoms with Crippen molar-refractivity contribution in [3.05, 3.63) is 87.3 Å². The number of anilines is 1. The van der Waals surface area contributed by atoms with E-state index in [9.17, 15) is 19.7 Å². The molecule has 2 aromatic carbocycles. The zero-order valence-electron chi connectivity index (χ0n) is 12.9. The van der Waals surface area contributed by atoms with Crippen molar-refractivity contribution < 1.29 is 14.5 Å². The summed E-state index contributed by atoms with van der Waals surface area (Å²) in [4.78, 5) is 36.1. The Labute approximate surface area is 147 Å². The van der Waals surface area contributed by atoms with Crippen molar-refractivity contribution in [2.45, 2.75) is 0 Å². The van der Waals surface area contributed by atoms with Gasteiger partial charge in [-0.2, -0.15) is 0 Å². The number of carbonyl (C=O) groups excluding carboxylic acids is 2. The zero-order valence-corrected chi connectivity index (χ0v) is 13.7. The van der Waals surface area contributed by atoms with Crippen molar-refractivity contribution in [1.82, 2.24) is 0 Å². The summed E-state index contributed by atoms with van der Waals surface area (Å²) >= 11 is 0.876. The van der Waals surface area contributed by atoms with E-state index in [1.807, 2.05) is 6.07 Å². The molecule has 0 N–H and O–H groups in total. The van der Waals surface area contributed by atoms with E-state index in [0.717, 1.165) is 22.2 Å². The average molecular weight is 352 g/mol. The Morgan fingerprint density at radius 2 is 1.68 bits per heavy atom. The Bertz CT molecular complexity index is 889. The van der Waals surface area contributed by atoms with Gasteiger partial charge in [-0.15, -0.1) is 0 Å². The summed E-state index contributed by atoms with van der Waals surface area (Å²) < 4.78 is 0. The first kappa shape index (κ1) is 16.7. The van der Waals surface area contributed by atoms with Gasteiger partial charge in [-0.3, -0.25) is 19.7 Å². The van der Waals surface area contributed by atoms with Crippen LogP contribution in [0.1, 0.15) is 5.56 Å². The number of nitro groups is 1. The van der Waals surface area contributed by atoms with Crippen LogP contribution in [0.25, 0.3) is 6.08 Å². The number of carbonyl (C=O) groups is 2. The van der Waals surface area contributed by atoms with E-state index < -0.39 is 4.92 Å². The van der Waals surface area contributed by atoms with E-state index in [1.165, 1.54) is 12.1 Å². The molecule has 0 unspecified atom stereocenters. The van der Waals surface area contributed by atoms with Crippen molar-refractivity contribution >= 4 is 40.4 Å². The first-order valence-corrected chi connectivity index (χ1v) is 8.12. The highest BCUT2D eigenvalue weighted by molar-refractivity contribution is 8.18. The van der Waals surface area contributed by atoms with E-state index in [4.69, 9.17) is 0 Å². The summed E-state index contributed by atoms with van der Waals surface area (Å²) in [6, 6.07) is 14.8. The number of amides is 2. The zero-order chi connectivity index (χ0) is 17.8. The minimum Gasteiger partial charge on any atom is -0.268 e. The molecule has 1 heterocycles. The van der Waals surface area contributed by atoms with Crippen LogP contribution in [0.2, 0.25) is 0 Å². The molecule has 0 spiro atoms. The van der Waals surface area contributed by atoms with Crippen LogP contribution in [0.4, 0.5) is 16.2 Å². The van der Waals surface area contributed by atoms with Gasteiger partial charge in [0.25, 0.3) is 16.8 Å². The van der Waals surface area contributed by atoms with Crippen molar-refractivity contribution in [1.29, 1.82) is 0 Å². The number of nitro benzene ring substituents is 1. The lowest BCUT2D eigenvalue weighted by Gasteiger charge is -2.11. The molecular weight excluding hydrogens is 340 g/mol. The van der Waals surface area contributed by atoms with Crippen molar-refractivity contribution in [2.75, 3.05) is 4.90 Å². The third-order valence-electron chi connectivity index (χ3n) is 3.45. The van der Waals surface area contributed by atoms with Crippen LogP contribution in [0.3, 0.4) is 0 Å². The molecular formula is C18H12N2O4S. The topological polar surface area (TPSA) is 80.5 Å². The molecule has 1 aliphatic rings. The van der Waals surface area contributed by atoms with Crippen molar-refractivity contribution in [3.63, 3.8) is 0 Å². The molecule has 1 saturated heterocycles. The molecule has 0 aliphatic carbocycles. The maximum absolute atomic E-state index is 12.4. The molecule has 25 heavy (non-hydrogen) atoms. The monoisotopic (exact) mass is 352 g/mol. The van der Waals surface area contributed by atoms with Gasteiger partial charge in [0, 0.05) is 12.1 Å². The predicted octanol–water partition coefficient (Wildman–Crippen LogP) is 4.39. The fourth-order valence-corrected chi connectivity index (χ4v) is 3.03. The summed E-state index contributed by atoms with van der Waals surface area (Å²) in [6.07, 6.45) is 4.92. The molecule has 3 rings (SSSR count). The minimum absolute atomic E-state index is 0.0149. The second-order valence-electron chi connectivity index (χ2n) is 5.08. The van der Waals surface area contributed by atoms with Crippen molar-refractivity contribution in [2.24, 2.45) is 0 Å². The Kier molecular flexibility index (Phi) is 4.76. The van der Waals surface area contributed by atoms with Gasteiger partial charge < -0.3 is 0 Å². The lowest BCUT2D eigenvalue weighted by molar-refractivity contribution is -0.384.